The Hall–Kier alpha value is -2.01. The minimum atomic E-state index is 0.197. The third kappa shape index (κ3) is 2.49. The molecule has 0 aliphatic carbocycles. The van der Waals surface area contributed by atoms with Gasteiger partial charge in [0.15, 0.2) is 0 Å². The number of amides is 1. The van der Waals surface area contributed by atoms with Crippen LogP contribution < -0.4 is 10.1 Å². The molecule has 0 unspecified atom stereocenters. The van der Waals surface area contributed by atoms with Gasteiger partial charge in [-0.3, -0.25) is 4.79 Å². The van der Waals surface area contributed by atoms with Crippen LogP contribution in [0.25, 0.3) is 10.9 Å². The number of hydrogen-bond acceptors (Lipinski definition) is 3. The quantitative estimate of drug-likeness (QED) is 0.882. The lowest BCUT2D eigenvalue weighted by Gasteiger charge is -2.27. The van der Waals surface area contributed by atoms with E-state index in [9.17, 15) is 4.79 Å². The van der Waals surface area contributed by atoms with Crippen molar-refractivity contribution >= 4 is 16.8 Å². The molecule has 1 aliphatic heterocycles. The fourth-order valence-electron chi connectivity index (χ4n) is 2.63. The highest BCUT2D eigenvalue weighted by Crippen LogP contribution is 2.23. The van der Waals surface area contributed by atoms with E-state index < -0.39 is 0 Å². The molecule has 2 aromatic rings. The molecule has 1 fully saturated rings. The van der Waals surface area contributed by atoms with E-state index in [1.165, 1.54) is 0 Å². The number of nitrogens with zero attached hydrogens (tertiary/aromatic N) is 1. The monoisotopic (exact) mass is 273 g/mol. The van der Waals surface area contributed by atoms with Gasteiger partial charge >= 0.3 is 0 Å². The van der Waals surface area contributed by atoms with Crippen molar-refractivity contribution in [2.45, 2.75) is 6.42 Å². The van der Waals surface area contributed by atoms with Crippen LogP contribution in [0.2, 0.25) is 0 Å². The third-order valence-corrected chi connectivity index (χ3v) is 3.79. The fraction of sp³-hybridized carbons (Fsp3) is 0.400. The van der Waals surface area contributed by atoms with Gasteiger partial charge in [0.2, 0.25) is 5.91 Å². The first-order chi connectivity index (χ1) is 9.78. The van der Waals surface area contributed by atoms with E-state index in [0.29, 0.717) is 6.42 Å². The van der Waals surface area contributed by atoms with Gasteiger partial charge in [-0.15, -0.1) is 0 Å². The van der Waals surface area contributed by atoms with E-state index in [1.54, 1.807) is 7.11 Å². The molecule has 0 radical (unpaired) electrons. The molecular weight excluding hydrogens is 254 g/mol. The topological polar surface area (TPSA) is 57.4 Å². The Kier molecular flexibility index (Phi) is 3.60. The SMILES string of the molecule is COc1ccc2c(CC(=O)N3CCNCC3)c[nH]c2c1. The summed E-state index contributed by atoms with van der Waals surface area (Å²) in [4.78, 5) is 17.4. The lowest BCUT2D eigenvalue weighted by Crippen LogP contribution is -2.46. The first-order valence-corrected chi connectivity index (χ1v) is 6.90. The van der Waals surface area contributed by atoms with Crippen molar-refractivity contribution in [1.82, 2.24) is 15.2 Å². The zero-order valence-electron chi connectivity index (χ0n) is 11.6. The molecule has 1 saturated heterocycles. The molecule has 0 bridgehead atoms. The number of ether oxygens (including phenoxy) is 1. The van der Waals surface area contributed by atoms with Crippen molar-refractivity contribution in [2.24, 2.45) is 0 Å². The molecule has 1 aromatic heterocycles. The van der Waals surface area contributed by atoms with Crippen LogP contribution in [-0.4, -0.2) is 49.1 Å². The van der Waals surface area contributed by atoms with E-state index >= 15 is 0 Å². The maximum absolute atomic E-state index is 12.3. The minimum absolute atomic E-state index is 0.197. The first kappa shape index (κ1) is 13.0. The number of piperazine rings is 1. The van der Waals surface area contributed by atoms with Crippen molar-refractivity contribution in [3.63, 3.8) is 0 Å². The summed E-state index contributed by atoms with van der Waals surface area (Å²) in [5.74, 6) is 1.02. The molecule has 5 nitrogen and oxygen atoms in total. The Morgan fingerprint density at radius 2 is 2.15 bits per heavy atom. The number of hydrogen-bond donors (Lipinski definition) is 2. The van der Waals surface area contributed by atoms with E-state index in [0.717, 1.165) is 48.4 Å². The molecule has 2 N–H and O–H groups in total. The van der Waals surface area contributed by atoms with Gasteiger partial charge in [-0.05, 0) is 17.7 Å². The second-order valence-electron chi connectivity index (χ2n) is 5.03. The highest BCUT2D eigenvalue weighted by Gasteiger charge is 2.17. The van der Waals surface area contributed by atoms with E-state index in [4.69, 9.17) is 4.74 Å². The fourth-order valence-corrected chi connectivity index (χ4v) is 2.63. The summed E-state index contributed by atoms with van der Waals surface area (Å²) in [6, 6.07) is 5.88. The zero-order valence-corrected chi connectivity index (χ0v) is 11.6. The highest BCUT2D eigenvalue weighted by atomic mass is 16.5. The molecule has 0 spiro atoms. The van der Waals surface area contributed by atoms with Crippen LogP contribution in [0.5, 0.6) is 5.75 Å². The van der Waals surface area contributed by atoms with Gasteiger partial charge in [-0.2, -0.15) is 0 Å². The number of nitrogens with one attached hydrogen (secondary N) is 2. The van der Waals surface area contributed by atoms with Crippen molar-refractivity contribution in [3.8, 4) is 5.75 Å². The molecular formula is C15H19N3O2. The average Bonchev–Trinajstić information content (AvgIpc) is 2.90. The maximum Gasteiger partial charge on any atom is 0.227 e. The van der Waals surface area contributed by atoms with Gasteiger partial charge in [0.05, 0.1) is 13.5 Å². The van der Waals surface area contributed by atoms with Crippen LogP contribution in [0.4, 0.5) is 0 Å². The molecule has 1 aliphatic rings. The largest absolute Gasteiger partial charge is 0.497 e. The summed E-state index contributed by atoms with van der Waals surface area (Å²) in [5, 5.41) is 4.35. The second-order valence-corrected chi connectivity index (χ2v) is 5.03. The molecule has 20 heavy (non-hydrogen) atoms. The molecule has 5 heteroatoms. The van der Waals surface area contributed by atoms with Crippen molar-refractivity contribution in [1.29, 1.82) is 0 Å². The number of methoxy groups -OCH3 is 1. The summed E-state index contributed by atoms with van der Waals surface area (Å²) >= 11 is 0. The Balaban J connectivity index is 1.78. The third-order valence-electron chi connectivity index (χ3n) is 3.79. The lowest BCUT2D eigenvalue weighted by atomic mass is 10.1. The van der Waals surface area contributed by atoms with Crippen LogP contribution in [0.15, 0.2) is 24.4 Å². The highest BCUT2D eigenvalue weighted by molar-refractivity contribution is 5.89. The molecule has 106 valence electrons. The lowest BCUT2D eigenvalue weighted by molar-refractivity contribution is -0.131. The summed E-state index contributed by atoms with van der Waals surface area (Å²) in [6.45, 7) is 3.37. The van der Waals surface area contributed by atoms with Gasteiger partial charge in [0.1, 0.15) is 5.75 Å². The van der Waals surface area contributed by atoms with Crippen LogP contribution in [0.3, 0.4) is 0 Å². The molecule has 0 atom stereocenters. The van der Waals surface area contributed by atoms with Gasteiger partial charge in [-0.25, -0.2) is 0 Å². The maximum atomic E-state index is 12.3. The van der Waals surface area contributed by atoms with Gasteiger partial charge in [0, 0.05) is 49.3 Å². The Labute approximate surface area is 117 Å². The summed E-state index contributed by atoms with van der Waals surface area (Å²) in [6.07, 6.45) is 2.37. The zero-order chi connectivity index (χ0) is 13.9. The number of rotatable bonds is 3. The smallest absolute Gasteiger partial charge is 0.227 e. The van der Waals surface area contributed by atoms with E-state index in [2.05, 4.69) is 10.3 Å². The van der Waals surface area contributed by atoms with Gasteiger partial charge in [0.25, 0.3) is 0 Å². The molecule has 1 aromatic carbocycles. The second kappa shape index (κ2) is 5.54. The first-order valence-electron chi connectivity index (χ1n) is 6.90. The predicted molar refractivity (Wildman–Crippen MR) is 78.0 cm³/mol. The van der Waals surface area contributed by atoms with Gasteiger partial charge < -0.3 is 19.9 Å². The summed E-state index contributed by atoms with van der Waals surface area (Å²) in [5.41, 5.74) is 2.05. The number of carbonyl (C=O) groups excluding carboxylic acids is 1. The number of benzene rings is 1. The Morgan fingerprint density at radius 3 is 2.90 bits per heavy atom. The number of carbonyl (C=O) groups is 1. The Morgan fingerprint density at radius 1 is 1.35 bits per heavy atom. The minimum Gasteiger partial charge on any atom is -0.497 e. The standard InChI is InChI=1S/C15H19N3O2/c1-20-12-2-3-13-11(10-17-14(13)9-12)8-15(19)18-6-4-16-5-7-18/h2-3,9-10,16-17H,4-8H2,1H3. The van der Waals surface area contributed by atoms with Crippen molar-refractivity contribution < 1.29 is 9.53 Å². The van der Waals surface area contributed by atoms with Crippen molar-refractivity contribution in [3.05, 3.63) is 30.0 Å². The average molecular weight is 273 g/mol. The van der Waals surface area contributed by atoms with Gasteiger partial charge in [-0.1, -0.05) is 0 Å². The van der Waals surface area contributed by atoms with E-state index in [1.807, 2.05) is 29.3 Å². The number of aromatic nitrogens is 1. The van der Waals surface area contributed by atoms with Crippen LogP contribution in [0.1, 0.15) is 5.56 Å². The molecule has 1 amide bonds. The van der Waals surface area contributed by atoms with E-state index in [-0.39, 0.29) is 5.91 Å². The number of aromatic amines is 1. The number of H-pyrrole nitrogens is 1. The Bertz CT molecular complexity index is 615. The van der Waals surface area contributed by atoms with Crippen LogP contribution in [-0.2, 0) is 11.2 Å². The summed E-state index contributed by atoms with van der Waals surface area (Å²) in [7, 11) is 1.65. The normalized spacial score (nSPS) is 15.6. The number of fused-ring (bicyclic) bond motifs is 1. The molecule has 2 heterocycles. The van der Waals surface area contributed by atoms with Crippen LogP contribution in [0, 0.1) is 0 Å². The predicted octanol–water partition coefficient (Wildman–Crippen LogP) is 1.15. The van der Waals surface area contributed by atoms with Crippen molar-refractivity contribution in [2.75, 3.05) is 33.3 Å². The van der Waals surface area contributed by atoms with Crippen LogP contribution >= 0.6 is 0 Å². The molecule has 3 rings (SSSR count). The molecule has 0 saturated carbocycles. The summed E-state index contributed by atoms with van der Waals surface area (Å²) < 4.78 is 5.21.